The lowest BCUT2D eigenvalue weighted by molar-refractivity contribution is 0.0933. The van der Waals surface area contributed by atoms with Crippen LogP contribution in [0.4, 0.5) is 5.82 Å². The topological polar surface area (TPSA) is 200 Å². The van der Waals surface area contributed by atoms with Crippen LogP contribution in [0, 0.1) is 10.8 Å². The monoisotopic (exact) mass is 652 g/mol. The molecule has 4 rings (SSSR count). The van der Waals surface area contributed by atoms with Gasteiger partial charge in [-0.05, 0) is 67.0 Å². The number of pyridine rings is 1. The highest BCUT2D eigenvalue weighted by Crippen LogP contribution is 2.44. The molecule has 2 heterocycles. The van der Waals surface area contributed by atoms with E-state index in [1.807, 2.05) is 19.2 Å². The second kappa shape index (κ2) is 16.2. The highest BCUT2D eigenvalue weighted by atomic mass is 32.3. The summed E-state index contributed by atoms with van der Waals surface area (Å²) in [6.45, 7) is 7.49. The molecule has 46 heavy (non-hydrogen) atoms. The number of carbonyl (C=O) groups excluding carboxylic acids is 1. The molecule has 8 N–H and O–H groups in total. The molecule has 12 nitrogen and oxygen atoms in total. The van der Waals surface area contributed by atoms with Crippen molar-refractivity contribution in [1.82, 2.24) is 20.1 Å². The Hall–Kier alpha value is -4.43. The van der Waals surface area contributed by atoms with E-state index in [4.69, 9.17) is 29.5 Å². The Bertz CT molecular complexity index is 1600. The van der Waals surface area contributed by atoms with Crippen LogP contribution in [0.1, 0.15) is 61.5 Å². The smallest absolute Gasteiger partial charge is 0.252 e. The molecular formula is C33H44N6O6S. The fraction of sp³-hybridized carbons (Fsp3) is 0.333. The van der Waals surface area contributed by atoms with Crippen LogP contribution >= 0.6 is 10.9 Å². The number of phenolic OH excluding ortho intramolecular Hbond substituents is 1. The molecule has 2 aromatic heterocycles. The Morgan fingerprint density at radius 1 is 1.13 bits per heavy atom. The molecule has 0 unspecified atom stereocenters. The predicted octanol–water partition coefficient (Wildman–Crippen LogP) is 6.60. The highest BCUT2D eigenvalue weighted by Gasteiger charge is 2.20. The van der Waals surface area contributed by atoms with Crippen LogP contribution in [0.25, 0.3) is 11.3 Å². The summed E-state index contributed by atoms with van der Waals surface area (Å²) in [6, 6.07) is 15.0. The van der Waals surface area contributed by atoms with E-state index < -0.39 is 10.9 Å². The van der Waals surface area contributed by atoms with Gasteiger partial charge in [-0.1, -0.05) is 39.0 Å². The van der Waals surface area contributed by atoms with Gasteiger partial charge in [0.1, 0.15) is 28.2 Å². The number of hydrogen-bond acceptors (Lipinski definition) is 10. The summed E-state index contributed by atoms with van der Waals surface area (Å²) < 4.78 is 34.4. The number of anilines is 1. The Balaban J connectivity index is 0.000000402. The maximum atomic E-state index is 12.3. The van der Waals surface area contributed by atoms with Gasteiger partial charge in [-0.15, -0.1) is 0 Å². The molecule has 4 aromatic rings. The third-order valence-corrected chi connectivity index (χ3v) is 8.27. The summed E-state index contributed by atoms with van der Waals surface area (Å²) in [4.78, 5) is 16.3. The number of ether oxygens (including phenoxy) is 1. The van der Waals surface area contributed by atoms with E-state index in [0.29, 0.717) is 30.1 Å². The zero-order valence-electron chi connectivity index (χ0n) is 26.6. The van der Waals surface area contributed by atoms with E-state index in [1.54, 1.807) is 41.2 Å². The summed E-state index contributed by atoms with van der Waals surface area (Å²) in [7, 11) is -1.84. The van der Waals surface area contributed by atoms with Crippen LogP contribution in [-0.2, 0) is 13.5 Å². The van der Waals surface area contributed by atoms with Crippen LogP contribution in [0.5, 0.6) is 11.5 Å². The van der Waals surface area contributed by atoms with E-state index in [-0.39, 0.29) is 22.0 Å². The normalized spacial score (nSPS) is 11.7. The summed E-state index contributed by atoms with van der Waals surface area (Å²) in [5.74, 6) is 1.15. The molecule has 0 aliphatic rings. The second-order valence-electron chi connectivity index (χ2n) is 11.5. The molecule has 13 heteroatoms. The number of aryl methyl sites for hydroxylation is 2. The number of nitrogens with zero attached hydrogens (tertiary/aromatic N) is 3. The van der Waals surface area contributed by atoms with Crippen molar-refractivity contribution in [2.75, 3.05) is 18.9 Å². The minimum Gasteiger partial charge on any atom is -0.507 e. The summed E-state index contributed by atoms with van der Waals surface area (Å²) >= 11 is 0. The van der Waals surface area contributed by atoms with Gasteiger partial charge in [-0.3, -0.25) is 9.48 Å². The zero-order valence-corrected chi connectivity index (χ0v) is 27.4. The Labute approximate surface area is 271 Å². The van der Waals surface area contributed by atoms with Gasteiger partial charge in [0, 0.05) is 49.4 Å². The van der Waals surface area contributed by atoms with E-state index >= 15 is 0 Å². The lowest BCUT2D eigenvalue weighted by Gasteiger charge is -2.25. The number of aromatic nitrogens is 3. The Morgan fingerprint density at radius 3 is 2.46 bits per heavy atom. The van der Waals surface area contributed by atoms with Gasteiger partial charge in [-0.2, -0.15) is 5.10 Å². The maximum Gasteiger partial charge on any atom is 0.252 e. The van der Waals surface area contributed by atoms with Gasteiger partial charge >= 0.3 is 0 Å². The molecule has 248 valence electrons. The first-order valence-corrected chi connectivity index (χ1v) is 16.3. The van der Waals surface area contributed by atoms with E-state index in [0.717, 1.165) is 54.5 Å². The third kappa shape index (κ3) is 10.3. The van der Waals surface area contributed by atoms with Crippen molar-refractivity contribution < 1.29 is 28.3 Å². The first-order valence-electron chi connectivity index (χ1n) is 14.8. The number of unbranched alkanes of at least 4 members (excludes halogenated alkanes) is 1. The molecule has 0 saturated carbocycles. The summed E-state index contributed by atoms with van der Waals surface area (Å²) in [6.07, 6.45) is 7.76. The molecule has 0 bridgehead atoms. The van der Waals surface area contributed by atoms with Gasteiger partial charge in [0.25, 0.3) is 5.91 Å². The number of carbonyl (C=O) groups is 1. The number of hydrogen-bond donors (Lipinski definition) is 7. The average molecular weight is 653 g/mol. The van der Waals surface area contributed by atoms with Gasteiger partial charge in [-0.25, -0.2) is 4.98 Å². The van der Waals surface area contributed by atoms with E-state index in [9.17, 15) is 9.90 Å². The predicted molar refractivity (Wildman–Crippen MR) is 182 cm³/mol. The highest BCUT2D eigenvalue weighted by molar-refractivity contribution is 8.19. The molecule has 0 atom stereocenters. The van der Waals surface area contributed by atoms with Crippen molar-refractivity contribution in [2.24, 2.45) is 12.5 Å². The molecule has 0 fully saturated rings. The van der Waals surface area contributed by atoms with Crippen molar-refractivity contribution in [2.45, 2.75) is 51.3 Å². The average Bonchev–Trinajstić information content (AvgIpc) is 3.45. The van der Waals surface area contributed by atoms with Crippen molar-refractivity contribution >= 4 is 28.8 Å². The van der Waals surface area contributed by atoms with Gasteiger partial charge in [0.15, 0.2) is 0 Å². The van der Waals surface area contributed by atoms with Crippen LogP contribution in [0.15, 0.2) is 71.9 Å². The molecule has 0 spiro atoms. The van der Waals surface area contributed by atoms with Gasteiger partial charge < -0.3 is 40.0 Å². The number of benzene rings is 2. The second-order valence-corrected chi connectivity index (χ2v) is 13.0. The summed E-state index contributed by atoms with van der Waals surface area (Å²) in [5, 5.41) is 24.6. The maximum absolute atomic E-state index is 12.3. The molecule has 0 aliphatic heterocycles. The summed E-state index contributed by atoms with van der Waals surface area (Å²) in [5.41, 5.74) is 9.00. The lowest BCUT2D eigenvalue weighted by atomic mass is 9.87. The van der Waals surface area contributed by atoms with Crippen molar-refractivity contribution in [3.8, 4) is 22.8 Å². The standard InChI is InChI=1S/C26H35N5O3.C7H9NO3S/c1-5-18-14-20(21-10-12-30-31(21)4)22(32)15-23(18)34-13-7-6-11-26(2,3)17-29-25(33)19-8-9-24(27)28-16-19;8-5-6-3-1-2-4-7(6)12(9,10)11/h8-10,12,14-16,32H,5-7,11,13,17H2,1-4H3,(H2,27,28)(H,29,33);1-5,8-11H. The molecular weight excluding hydrogens is 608 g/mol. The van der Waals surface area contributed by atoms with Crippen molar-refractivity contribution in [1.29, 1.82) is 5.41 Å². The van der Waals surface area contributed by atoms with Crippen molar-refractivity contribution in [3.05, 3.63) is 83.7 Å². The quantitative estimate of drug-likeness (QED) is 0.0613. The molecule has 0 aliphatic carbocycles. The van der Waals surface area contributed by atoms with Gasteiger partial charge in [0.05, 0.1) is 22.8 Å². The van der Waals surface area contributed by atoms with Crippen LogP contribution in [-0.4, -0.2) is 58.8 Å². The number of nitrogens with two attached hydrogens (primary N) is 1. The Morgan fingerprint density at radius 2 is 1.87 bits per heavy atom. The lowest BCUT2D eigenvalue weighted by Crippen LogP contribution is -2.34. The minimum absolute atomic E-state index is 0.0139. The first-order chi connectivity index (χ1) is 21.8. The minimum atomic E-state index is -3.70. The molecule has 2 aromatic carbocycles. The number of nitrogen functional groups attached to an aromatic ring is 1. The number of aromatic hydroxyl groups is 1. The molecule has 1 amide bonds. The van der Waals surface area contributed by atoms with Crippen LogP contribution in [0.3, 0.4) is 0 Å². The molecule has 0 saturated heterocycles. The zero-order chi connectivity index (χ0) is 33.9. The van der Waals surface area contributed by atoms with Crippen LogP contribution in [0.2, 0.25) is 0 Å². The molecule has 0 radical (unpaired) electrons. The number of rotatable bonds is 13. The van der Waals surface area contributed by atoms with Gasteiger partial charge in [0.2, 0.25) is 0 Å². The van der Waals surface area contributed by atoms with Crippen LogP contribution < -0.4 is 15.8 Å². The fourth-order valence-corrected chi connectivity index (χ4v) is 5.36. The largest absolute Gasteiger partial charge is 0.507 e. The first kappa shape index (κ1) is 36.0. The SMILES string of the molecule is CCc1cc(-c2ccnn2C)c(O)cc1OCCCCC(C)(C)CNC(=O)c1ccc(N)nc1.N=Cc1ccccc1S(O)(O)O. The van der Waals surface area contributed by atoms with Crippen molar-refractivity contribution in [3.63, 3.8) is 0 Å². The third-order valence-electron chi connectivity index (χ3n) is 7.31. The number of phenols is 1. The number of nitrogens with one attached hydrogen (secondary N) is 2. The fourth-order valence-electron chi connectivity index (χ4n) is 4.65. The Kier molecular flexibility index (Phi) is 12.7. The van der Waals surface area contributed by atoms with E-state index in [1.165, 1.54) is 18.3 Å². The number of amides is 1. The van der Waals surface area contributed by atoms with E-state index in [2.05, 4.69) is 36.2 Å².